The molecule has 1 aliphatic heterocycles. The molecule has 0 bridgehead atoms. The van der Waals surface area contributed by atoms with Gasteiger partial charge < -0.3 is 20.5 Å². The van der Waals surface area contributed by atoms with Crippen LogP contribution in [0.15, 0.2) is 36.4 Å². The Morgan fingerprint density at radius 2 is 2.00 bits per heavy atom. The number of amides is 1. The molecule has 0 unspecified atom stereocenters. The molecule has 6 heteroatoms. The zero-order valence-corrected chi connectivity index (χ0v) is 11.1. The topological polar surface area (TPSA) is 73.6 Å². The highest BCUT2D eigenvalue weighted by molar-refractivity contribution is 6.36. The van der Waals surface area contributed by atoms with Gasteiger partial charge in [-0.3, -0.25) is 4.79 Å². The van der Waals surface area contributed by atoms with Crippen molar-refractivity contribution in [1.82, 2.24) is 0 Å². The lowest BCUT2D eigenvalue weighted by Crippen LogP contribution is -2.13. The standard InChI is InChI=1S/C14H11ClN2O3/c15-13-9(2-1-3-10(13)16)14(18)17-8-4-5-11-12(6-8)20-7-19-11/h1-6H,7,16H2,(H,17,18). The van der Waals surface area contributed by atoms with Crippen LogP contribution >= 0.6 is 11.6 Å². The van der Waals surface area contributed by atoms with Crippen LogP contribution in [-0.4, -0.2) is 12.7 Å². The number of carbonyl (C=O) groups is 1. The van der Waals surface area contributed by atoms with Crippen LogP contribution in [0, 0.1) is 0 Å². The van der Waals surface area contributed by atoms with Crippen molar-refractivity contribution >= 4 is 28.9 Å². The number of ether oxygens (including phenoxy) is 2. The van der Waals surface area contributed by atoms with Gasteiger partial charge in [-0.1, -0.05) is 17.7 Å². The second kappa shape index (κ2) is 4.94. The molecule has 102 valence electrons. The van der Waals surface area contributed by atoms with E-state index >= 15 is 0 Å². The lowest BCUT2D eigenvalue weighted by atomic mass is 10.2. The molecule has 0 saturated heterocycles. The van der Waals surface area contributed by atoms with Crippen LogP contribution < -0.4 is 20.5 Å². The smallest absolute Gasteiger partial charge is 0.257 e. The van der Waals surface area contributed by atoms with E-state index in [-0.39, 0.29) is 17.7 Å². The van der Waals surface area contributed by atoms with E-state index in [0.29, 0.717) is 28.4 Å². The number of hydrogen-bond acceptors (Lipinski definition) is 4. The molecule has 0 spiro atoms. The molecule has 20 heavy (non-hydrogen) atoms. The Kier molecular flexibility index (Phi) is 3.12. The van der Waals surface area contributed by atoms with Gasteiger partial charge in [-0.2, -0.15) is 0 Å². The van der Waals surface area contributed by atoms with Crippen molar-refractivity contribution in [2.24, 2.45) is 0 Å². The van der Waals surface area contributed by atoms with Gasteiger partial charge >= 0.3 is 0 Å². The van der Waals surface area contributed by atoms with E-state index in [1.54, 1.807) is 36.4 Å². The molecule has 5 nitrogen and oxygen atoms in total. The van der Waals surface area contributed by atoms with Crippen LogP contribution in [-0.2, 0) is 0 Å². The van der Waals surface area contributed by atoms with E-state index in [9.17, 15) is 4.79 Å². The number of nitrogen functional groups attached to an aromatic ring is 1. The summed E-state index contributed by atoms with van der Waals surface area (Å²) in [6.45, 7) is 0.188. The first-order valence-electron chi connectivity index (χ1n) is 5.90. The maximum atomic E-state index is 12.2. The number of carbonyl (C=O) groups excluding carboxylic acids is 1. The minimum atomic E-state index is -0.332. The van der Waals surface area contributed by atoms with Gasteiger partial charge in [0.25, 0.3) is 5.91 Å². The van der Waals surface area contributed by atoms with Crippen LogP contribution in [0.1, 0.15) is 10.4 Å². The van der Waals surface area contributed by atoms with Crippen LogP contribution in [0.2, 0.25) is 5.02 Å². The minimum Gasteiger partial charge on any atom is -0.454 e. The second-order valence-corrected chi connectivity index (χ2v) is 4.61. The van der Waals surface area contributed by atoms with Crippen LogP contribution in [0.3, 0.4) is 0 Å². The van der Waals surface area contributed by atoms with Gasteiger partial charge in [0.15, 0.2) is 11.5 Å². The first-order valence-corrected chi connectivity index (χ1v) is 6.28. The number of nitrogens with one attached hydrogen (secondary N) is 1. The molecule has 0 aliphatic carbocycles. The van der Waals surface area contributed by atoms with Crippen LogP contribution in [0.5, 0.6) is 11.5 Å². The zero-order chi connectivity index (χ0) is 14.1. The van der Waals surface area contributed by atoms with Gasteiger partial charge in [0.1, 0.15) is 0 Å². The molecule has 0 aromatic heterocycles. The summed E-state index contributed by atoms with van der Waals surface area (Å²) in [4.78, 5) is 12.2. The highest BCUT2D eigenvalue weighted by Crippen LogP contribution is 2.34. The maximum Gasteiger partial charge on any atom is 0.257 e. The molecule has 2 aromatic carbocycles. The summed E-state index contributed by atoms with van der Waals surface area (Å²) in [6, 6.07) is 10.1. The summed E-state index contributed by atoms with van der Waals surface area (Å²) in [7, 11) is 0. The number of fused-ring (bicyclic) bond motifs is 1. The fourth-order valence-corrected chi connectivity index (χ4v) is 2.11. The quantitative estimate of drug-likeness (QED) is 0.834. The van der Waals surface area contributed by atoms with Crippen LogP contribution in [0.25, 0.3) is 0 Å². The molecule has 0 radical (unpaired) electrons. The molecule has 0 saturated carbocycles. The second-order valence-electron chi connectivity index (χ2n) is 4.23. The SMILES string of the molecule is Nc1cccc(C(=O)Nc2ccc3c(c2)OCO3)c1Cl. The minimum absolute atomic E-state index is 0.188. The molecule has 1 heterocycles. The molecule has 3 N–H and O–H groups in total. The molecular weight excluding hydrogens is 280 g/mol. The number of halogens is 1. The van der Waals surface area contributed by atoms with E-state index in [1.165, 1.54) is 0 Å². The Morgan fingerprint density at radius 1 is 1.20 bits per heavy atom. The van der Waals surface area contributed by atoms with Crippen molar-refractivity contribution in [3.05, 3.63) is 47.0 Å². The highest BCUT2D eigenvalue weighted by Gasteiger charge is 2.16. The normalized spacial score (nSPS) is 12.2. The maximum absolute atomic E-state index is 12.2. The van der Waals surface area contributed by atoms with Gasteiger partial charge in [0.2, 0.25) is 6.79 Å². The number of benzene rings is 2. The summed E-state index contributed by atoms with van der Waals surface area (Å²) < 4.78 is 10.5. The average molecular weight is 291 g/mol. The van der Waals surface area contributed by atoms with Gasteiger partial charge in [-0.05, 0) is 24.3 Å². The van der Waals surface area contributed by atoms with Crippen molar-refractivity contribution in [1.29, 1.82) is 0 Å². The molecule has 0 atom stereocenters. The largest absolute Gasteiger partial charge is 0.454 e. The van der Waals surface area contributed by atoms with E-state index in [0.717, 1.165) is 0 Å². The van der Waals surface area contributed by atoms with Gasteiger partial charge in [-0.15, -0.1) is 0 Å². The van der Waals surface area contributed by atoms with Crippen molar-refractivity contribution in [2.75, 3.05) is 17.8 Å². The average Bonchev–Trinajstić information content (AvgIpc) is 2.89. The van der Waals surface area contributed by atoms with Crippen molar-refractivity contribution in [2.45, 2.75) is 0 Å². The molecular formula is C14H11ClN2O3. The third kappa shape index (κ3) is 2.23. The van der Waals surface area contributed by atoms with Crippen molar-refractivity contribution in [3.63, 3.8) is 0 Å². The van der Waals surface area contributed by atoms with E-state index in [1.807, 2.05) is 0 Å². The third-order valence-electron chi connectivity index (χ3n) is 2.90. The number of rotatable bonds is 2. The monoisotopic (exact) mass is 290 g/mol. The van der Waals surface area contributed by atoms with Crippen LogP contribution in [0.4, 0.5) is 11.4 Å². The lowest BCUT2D eigenvalue weighted by Gasteiger charge is -2.08. The van der Waals surface area contributed by atoms with E-state index < -0.39 is 0 Å². The number of nitrogens with two attached hydrogens (primary N) is 1. The third-order valence-corrected chi connectivity index (χ3v) is 3.33. The van der Waals surface area contributed by atoms with Gasteiger partial charge in [0, 0.05) is 11.8 Å². The number of anilines is 2. The molecule has 3 rings (SSSR count). The zero-order valence-electron chi connectivity index (χ0n) is 10.4. The van der Waals surface area contributed by atoms with E-state index in [2.05, 4.69) is 5.32 Å². The van der Waals surface area contributed by atoms with Crippen molar-refractivity contribution < 1.29 is 14.3 Å². The summed E-state index contributed by atoms with van der Waals surface area (Å²) in [5, 5.41) is 2.98. The first-order chi connectivity index (χ1) is 9.65. The Bertz CT molecular complexity index is 688. The van der Waals surface area contributed by atoms with Crippen molar-refractivity contribution in [3.8, 4) is 11.5 Å². The highest BCUT2D eigenvalue weighted by atomic mass is 35.5. The predicted octanol–water partition coefficient (Wildman–Crippen LogP) is 2.90. The van der Waals surface area contributed by atoms with E-state index in [4.69, 9.17) is 26.8 Å². The Hall–Kier alpha value is -2.40. The Morgan fingerprint density at radius 3 is 2.85 bits per heavy atom. The molecule has 1 aliphatic rings. The lowest BCUT2D eigenvalue weighted by molar-refractivity contribution is 0.102. The van der Waals surface area contributed by atoms with Gasteiger partial charge in [0.05, 0.1) is 16.3 Å². The summed E-state index contributed by atoms with van der Waals surface area (Å²) in [5.41, 5.74) is 6.96. The first kappa shape index (κ1) is 12.6. The molecule has 2 aromatic rings. The Balaban J connectivity index is 1.84. The molecule has 1 amide bonds. The number of hydrogen-bond donors (Lipinski definition) is 2. The predicted molar refractivity (Wildman–Crippen MR) is 76.4 cm³/mol. The summed E-state index contributed by atoms with van der Waals surface area (Å²) in [6.07, 6.45) is 0. The summed E-state index contributed by atoms with van der Waals surface area (Å²) >= 11 is 6.02. The fraction of sp³-hybridized carbons (Fsp3) is 0.0714. The Labute approximate surface area is 120 Å². The summed E-state index contributed by atoms with van der Waals surface area (Å²) in [5.74, 6) is 0.924. The van der Waals surface area contributed by atoms with Gasteiger partial charge in [-0.25, -0.2) is 0 Å². The molecule has 0 fully saturated rings. The fourth-order valence-electron chi connectivity index (χ4n) is 1.90.